The molecule has 0 unspecified atom stereocenters. The number of rotatable bonds is 4. The average molecular weight is 622 g/mol. The summed E-state index contributed by atoms with van der Waals surface area (Å²) in [6, 6.07) is 30.6. The third kappa shape index (κ3) is 4.00. The fourth-order valence-corrected chi connectivity index (χ4v) is 3.96. The van der Waals surface area contributed by atoms with Gasteiger partial charge in [-0.05, 0) is 47.7 Å². The summed E-state index contributed by atoms with van der Waals surface area (Å²) in [5, 5.41) is 1.06. The summed E-state index contributed by atoms with van der Waals surface area (Å²) >= 11 is 0. The topological polar surface area (TPSA) is 52.8 Å². The molecule has 0 saturated heterocycles. The summed E-state index contributed by atoms with van der Waals surface area (Å²) in [5.41, 5.74) is 5.54. The van der Waals surface area contributed by atoms with Crippen molar-refractivity contribution in [3.8, 4) is 28.6 Å². The van der Waals surface area contributed by atoms with Gasteiger partial charge in [-0.1, -0.05) is 30.5 Å². The zero-order chi connectivity index (χ0) is 22.2. The first-order valence-corrected chi connectivity index (χ1v) is 10.6. The van der Waals surface area contributed by atoms with Crippen LogP contribution in [0, 0.1) is 19.1 Å². The van der Waals surface area contributed by atoms with Gasteiger partial charge in [0.15, 0.2) is 0 Å². The monoisotopic (exact) mass is 621 g/mol. The Hall–Kier alpha value is -3.82. The maximum atomic E-state index is 5.93. The van der Waals surface area contributed by atoms with E-state index >= 15 is 0 Å². The number of fused-ring (bicyclic) bond motifs is 3. The van der Waals surface area contributed by atoms with Crippen LogP contribution in [0.3, 0.4) is 0 Å². The molecule has 0 spiro atoms. The Morgan fingerprint density at radius 2 is 1.68 bits per heavy atom. The Morgan fingerprint density at radius 1 is 0.794 bits per heavy atom. The Bertz CT molecular complexity index is 1610. The molecule has 2 aromatic carbocycles. The molecular formula is C28H18N4OPt. The van der Waals surface area contributed by atoms with E-state index in [2.05, 4.69) is 38.8 Å². The van der Waals surface area contributed by atoms with Crippen molar-refractivity contribution in [2.75, 3.05) is 0 Å². The molecule has 34 heavy (non-hydrogen) atoms. The predicted octanol–water partition coefficient (Wildman–Crippen LogP) is 6.33. The second kappa shape index (κ2) is 9.20. The molecule has 0 saturated carbocycles. The Labute approximate surface area is 211 Å². The van der Waals surface area contributed by atoms with Crippen molar-refractivity contribution in [1.29, 1.82) is 0 Å². The van der Waals surface area contributed by atoms with Crippen molar-refractivity contribution in [2.45, 2.75) is 6.92 Å². The molecule has 0 fully saturated rings. The van der Waals surface area contributed by atoms with Crippen molar-refractivity contribution < 1.29 is 25.8 Å². The summed E-state index contributed by atoms with van der Waals surface area (Å²) in [6.07, 6.45) is 5.36. The van der Waals surface area contributed by atoms with Gasteiger partial charge in [0.25, 0.3) is 0 Å². The first kappa shape index (κ1) is 22.0. The molecule has 0 bridgehead atoms. The van der Waals surface area contributed by atoms with Gasteiger partial charge in [-0.2, -0.15) is 18.2 Å². The van der Waals surface area contributed by atoms with Crippen LogP contribution in [-0.4, -0.2) is 19.5 Å². The van der Waals surface area contributed by atoms with Gasteiger partial charge in [0.05, 0.1) is 0 Å². The molecule has 4 heterocycles. The molecule has 6 aromatic rings. The molecule has 0 atom stereocenters. The molecule has 166 valence electrons. The van der Waals surface area contributed by atoms with Gasteiger partial charge in [-0.15, -0.1) is 12.1 Å². The van der Waals surface area contributed by atoms with Gasteiger partial charge in [-0.3, -0.25) is 0 Å². The fourth-order valence-electron chi connectivity index (χ4n) is 3.96. The van der Waals surface area contributed by atoms with Crippen molar-refractivity contribution in [3.05, 3.63) is 109 Å². The standard InChI is InChI=1S/C28H18N4O.Pt/c1-19-12-14-30-27(15-19)33-22-8-6-7-20(16-22)21-17-25-28(31-18-21)23-9-2-3-10-24(23)32(25)26-11-4-5-13-29-26;/h2-15,18H,1H3;/q-2;+2. The van der Waals surface area contributed by atoms with Gasteiger partial charge in [0.1, 0.15) is 5.82 Å². The minimum Gasteiger partial charge on any atom is -0.460 e. The molecule has 0 aliphatic carbocycles. The van der Waals surface area contributed by atoms with Crippen LogP contribution in [0.15, 0.2) is 91.4 Å². The Kier molecular flexibility index (Phi) is 5.95. The normalized spacial score (nSPS) is 10.9. The summed E-state index contributed by atoms with van der Waals surface area (Å²) in [5.74, 6) is 1.95. The molecule has 0 aliphatic heterocycles. The van der Waals surface area contributed by atoms with E-state index in [1.54, 1.807) is 12.4 Å². The van der Waals surface area contributed by atoms with Crippen LogP contribution in [0.4, 0.5) is 0 Å². The molecule has 0 N–H and O–H groups in total. The molecule has 0 radical (unpaired) electrons. The molecule has 0 amide bonds. The molecule has 5 nitrogen and oxygen atoms in total. The van der Waals surface area contributed by atoms with Crippen LogP contribution in [0.1, 0.15) is 5.56 Å². The third-order valence-electron chi connectivity index (χ3n) is 5.47. The third-order valence-corrected chi connectivity index (χ3v) is 5.47. The number of ether oxygens (including phenoxy) is 1. The van der Waals surface area contributed by atoms with Gasteiger partial charge in [-0.25, -0.2) is 21.1 Å². The number of benzene rings is 2. The molecule has 4 aromatic heterocycles. The SMILES string of the molecule is Cc1ccnc(Oc2[c-]c(-c3[c-]c4c(nc3)c3ccccc3n4-c3ccccn3)ccc2)c1.[Pt+2]. The Morgan fingerprint density at radius 3 is 2.53 bits per heavy atom. The number of hydrogen-bond donors (Lipinski definition) is 0. The number of aryl methyl sites for hydroxylation is 1. The maximum absolute atomic E-state index is 5.93. The van der Waals surface area contributed by atoms with Crippen LogP contribution in [0.2, 0.25) is 0 Å². The van der Waals surface area contributed by atoms with Crippen molar-refractivity contribution in [3.63, 3.8) is 0 Å². The number of para-hydroxylation sites is 1. The van der Waals surface area contributed by atoms with Gasteiger partial charge in [0.2, 0.25) is 5.88 Å². The van der Waals surface area contributed by atoms with Crippen LogP contribution in [0.25, 0.3) is 38.9 Å². The number of hydrogen-bond acceptors (Lipinski definition) is 4. The number of aromatic nitrogens is 4. The fraction of sp³-hybridized carbons (Fsp3) is 0.0357. The zero-order valence-corrected chi connectivity index (χ0v) is 20.4. The minimum absolute atomic E-state index is 0. The molecule has 6 heteroatoms. The van der Waals surface area contributed by atoms with Crippen LogP contribution < -0.4 is 4.74 Å². The summed E-state index contributed by atoms with van der Waals surface area (Å²) in [6.45, 7) is 2.01. The van der Waals surface area contributed by atoms with E-state index in [1.165, 1.54) is 0 Å². The largest absolute Gasteiger partial charge is 2.00 e. The van der Waals surface area contributed by atoms with E-state index in [1.807, 2.05) is 73.8 Å². The predicted molar refractivity (Wildman–Crippen MR) is 129 cm³/mol. The summed E-state index contributed by atoms with van der Waals surface area (Å²) < 4.78 is 8.03. The van der Waals surface area contributed by atoms with Crippen LogP contribution >= 0.6 is 0 Å². The van der Waals surface area contributed by atoms with E-state index in [4.69, 9.17) is 9.72 Å². The van der Waals surface area contributed by atoms with Crippen LogP contribution in [-0.2, 0) is 21.1 Å². The van der Waals surface area contributed by atoms with Crippen molar-refractivity contribution >= 4 is 21.9 Å². The second-order valence-electron chi connectivity index (χ2n) is 7.74. The van der Waals surface area contributed by atoms with Crippen LogP contribution in [0.5, 0.6) is 11.6 Å². The van der Waals surface area contributed by atoms with Crippen molar-refractivity contribution in [1.82, 2.24) is 19.5 Å². The minimum atomic E-state index is 0. The first-order valence-electron chi connectivity index (χ1n) is 10.6. The molecule has 0 aliphatic rings. The van der Waals surface area contributed by atoms with E-state index < -0.39 is 0 Å². The smallest absolute Gasteiger partial charge is 0.460 e. The number of nitrogens with zero attached hydrogens (tertiary/aromatic N) is 4. The van der Waals surface area contributed by atoms with E-state index in [0.717, 1.165) is 44.4 Å². The van der Waals surface area contributed by atoms with Gasteiger partial charge < -0.3 is 14.3 Å². The molecule has 6 rings (SSSR count). The number of pyridine rings is 3. The summed E-state index contributed by atoms with van der Waals surface area (Å²) in [4.78, 5) is 13.7. The quantitative estimate of drug-likeness (QED) is 0.216. The molecular weight excluding hydrogens is 603 g/mol. The maximum Gasteiger partial charge on any atom is 2.00 e. The summed E-state index contributed by atoms with van der Waals surface area (Å²) in [7, 11) is 0. The van der Waals surface area contributed by atoms with E-state index in [0.29, 0.717) is 11.6 Å². The van der Waals surface area contributed by atoms with Crippen molar-refractivity contribution in [2.24, 2.45) is 0 Å². The Balaban J connectivity index is 0.00000241. The van der Waals surface area contributed by atoms with Gasteiger partial charge >= 0.3 is 21.1 Å². The zero-order valence-electron chi connectivity index (χ0n) is 18.2. The van der Waals surface area contributed by atoms with Gasteiger partial charge in [0, 0.05) is 35.2 Å². The second-order valence-corrected chi connectivity index (χ2v) is 7.74. The first-order chi connectivity index (χ1) is 16.3. The van der Waals surface area contributed by atoms with E-state index in [-0.39, 0.29) is 21.1 Å². The average Bonchev–Trinajstić information content (AvgIpc) is 3.18. The van der Waals surface area contributed by atoms with E-state index in [9.17, 15) is 0 Å².